The Balaban J connectivity index is 1.74. The van der Waals surface area contributed by atoms with Crippen molar-refractivity contribution in [2.75, 3.05) is 13.2 Å². The normalized spacial score (nSPS) is 12.3. The van der Waals surface area contributed by atoms with E-state index in [0.29, 0.717) is 12.2 Å². The molecule has 0 aliphatic rings. The van der Waals surface area contributed by atoms with Gasteiger partial charge in [0.25, 0.3) is 5.91 Å². The lowest BCUT2D eigenvalue weighted by Gasteiger charge is -2.15. The number of aromatic nitrogens is 1. The van der Waals surface area contributed by atoms with Crippen LogP contribution in [0.1, 0.15) is 22.0 Å². The highest BCUT2D eigenvalue weighted by Crippen LogP contribution is 2.19. The zero-order chi connectivity index (χ0) is 16.2. The first-order valence-electron chi connectivity index (χ1n) is 7.69. The van der Waals surface area contributed by atoms with Crippen molar-refractivity contribution in [2.24, 2.45) is 7.05 Å². The van der Waals surface area contributed by atoms with Gasteiger partial charge in [-0.15, -0.1) is 0 Å². The van der Waals surface area contributed by atoms with E-state index in [1.807, 2.05) is 72.3 Å². The van der Waals surface area contributed by atoms with Gasteiger partial charge in [-0.25, -0.2) is 0 Å². The standard InChI is InChI=1S/C19H20N2O2/c1-21-17-10-6-5-9-15(17)11-18(21)19(23)20-12-16(13-22)14-7-3-2-4-8-14/h2-11,16,22H,12-13H2,1H3,(H,20,23). The van der Waals surface area contributed by atoms with Gasteiger partial charge in [0.05, 0.1) is 6.61 Å². The summed E-state index contributed by atoms with van der Waals surface area (Å²) in [6, 6.07) is 19.5. The summed E-state index contributed by atoms with van der Waals surface area (Å²) in [4.78, 5) is 12.5. The maximum Gasteiger partial charge on any atom is 0.267 e. The summed E-state index contributed by atoms with van der Waals surface area (Å²) >= 11 is 0. The lowest BCUT2D eigenvalue weighted by Crippen LogP contribution is -2.30. The Morgan fingerprint density at radius 1 is 1.13 bits per heavy atom. The first-order chi connectivity index (χ1) is 11.2. The topological polar surface area (TPSA) is 54.3 Å². The summed E-state index contributed by atoms with van der Waals surface area (Å²) in [5.74, 6) is -0.229. The molecule has 0 saturated heterocycles. The van der Waals surface area contributed by atoms with Crippen molar-refractivity contribution in [2.45, 2.75) is 5.92 Å². The molecule has 0 aliphatic carbocycles. The molecular weight excluding hydrogens is 288 g/mol. The van der Waals surface area contributed by atoms with Crippen molar-refractivity contribution in [1.82, 2.24) is 9.88 Å². The molecule has 0 aliphatic heterocycles. The molecule has 0 radical (unpaired) electrons. The van der Waals surface area contributed by atoms with E-state index in [1.54, 1.807) is 0 Å². The molecule has 1 aromatic heterocycles. The summed E-state index contributed by atoms with van der Waals surface area (Å²) in [7, 11) is 1.89. The SMILES string of the molecule is Cn1c(C(=O)NCC(CO)c2ccccc2)cc2ccccc21. The molecule has 1 atom stereocenters. The maximum absolute atomic E-state index is 12.5. The van der Waals surface area contributed by atoms with Crippen molar-refractivity contribution in [3.8, 4) is 0 Å². The fourth-order valence-corrected chi connectivity index (χ4v) is 2.83. The van der Waals surface area contributed by atoms with Crippen LogP contribution in [0.4, 0.5) is 0 Å². The number of benzene rings is 2. The number of aliphatic hydroxyl groups is 1. The molecule has 4 nitrogen and oxygen atoms in total. The van der Waals surface area contributed by atoms with Gasteiger partial charge in [-0.2, -0.15) is 0 Å². The minimum atomic E-state index is -0.127. The van der Waals surface area contributed by atoms with Crippen LogP contribution in [0.5, 0.6) is 0 Å². The number of nitrogens with zero attached hydrogens (tertiary/aromatic N) is 1. The van der Waals surface area contributed by atoms with Gasteiger partial charge in [0.1, 0.15) is 5.69 Å². The molecule has 23 heavy (non-hydrogen) atoms. The zero-order valence-electron chi connectivity index (χ0n) is 13.1. The maximum atomic E-state index is 12.5. The molecule has 1 heterocycles. The predicted molar refractivity (Wildman–Crippen MR) is 91.5 cm³/mol. The molecule has 3 rings (SSSR count). The molecule has 0 saturated carbocycles. The van der Waals surface area contributed by atoms with E-state index >= 15 is 0 Å². The minimum Gasteiger partial charge on any atom is -0.396 e. The molecule has 118 valence electrons. The Kier molecular flexibility index (Phi) is 4.44. The lowest BCUT2D eigenvalue weighted by molar-refractivity contribution is 0.0940. The van der Waals surface area contributed by atoms with Gasteiger partial charge in [-0.3, -0.25) is 4.79 Å². The van der Waals surface area contributed by atoms with Crippen molar-refractivity contribution < 1.29 is 9.90 Å². The summed E-state index contributed by atoms with van der Waals surface area (Å²) in [6.45, 7) is 0.403. The van der Waals surface area contributed by atoms with E-state index in [9.17, 15) is 9.90 Å². The number of amides is 1. The second-order valence-corrected chi connectivity index (χ2v) is 5.65. The van der Waals surface area contributed by atoms with Crippen LogP contribution in [0.2, 0.25) is 0 Å². The average molecular weight is 308 g/mol. The Labute approximate surface area is 135 Å². The van der Waals surface area contributed by atoms with Crippen LogP contribution >= 0.6 is 0 Å². The van der Waals surface area contributed by atoms with Crippen molar-refractivity contribution >= 4 is 16.8 Å². The number of para-hydroxylation sites is 1. The molecule has 2 aromatic carbocycles. The van der Waals surface area contributed by atoms with Crippen LogP contribution in [-0.2, 0) is 7.05 Å². The second-order valence-electron chi connectivity index (χ2n) is 5.65. The third kappa shape index (κ3) is 3.12. The number of aliphatic hydroxyl groups excluding tert-OH is 1. The molecule has 3 aromatic rings. The predicted octanol–water partition coefficient (Wildman–Crippen LogP) is 2.68. The van der Waals surface area contributed by atoms with Crippen LogP contribution < -0.4 is 5.32 Å². The monoisotopic (exact) mass is 308 g/mol. The van der Waals surface area contributed by atoms with Gasteiger partial charge in [0.15, 0.2) is 0 Å². The Morgan fingerprint density at radius 3 is 2.52 bits per heavy atom. The molecule has 1 unspecified atom stereocenters. The fourth-order valence-electron chi connectivity index (χ4n) is 2.83. The highest BCUT2D eigenvalue weighted by molar-refractivity contribution is 5.98. The first-order valence-corrected chi connectivity index (χ1v) is 7.69. The highest BCUT2D eigenvalue weighted by Gasteiger charge is 2.16. The van der Waals surface area contributed by atoms with Crippen LogP contribution in [-0.4, -0.2) is 28.7 Å². The molecule has 0 fully saturated rings. The van der Waals surface area contributed by atoms with Gasteiger partial charge in [0.2, 0.25) is 0 Å². The van der Waals surface area contributed by atoms with Crippen LogP contribution in [0.15, 0.2) is 60.7 Å². The fraction of sp³-hybridized carbons (Fsp3) is 0.211. The Bertz CT molecular complexity index is 809. The van der Waals surface area contributed by atoms with Gasteiger partial charge in [0, 0.05) is 30.4 Å². The molecule has 4 heteroatoms. The largest absolute Gasteiger partial charge is 0.396 e. The molecule has 0 bridgehead atoms. The van der Waals surface area contributed by atoms with Crippen molar-refractivity contribution in [3.05, 3.63) is 71.9 Å². The van der Waals surface area contributed by atoms with Gasteiger partial charge >= 0.3 is 0 Å². The number of fused-ring (bicyclic) bond motifs is 1. The quantitative estimate of drug-likeness (QED) is 0.761. The Hall–Kier alpha value is -2.59. The number of carbonyl (C=O) groups is 1. The summed E-state index contributed by atoms with van der Waals surface area (Å²) < 4.78 is 1.89. The van der Waals surface area contributed by atoms with Crippen molar-refractivity contribution in [1.29, 1.82) is 0 Å². The highest BCUT2D eigenvalue weighted by atomic mass is 16.3. The van der Waals surface area contributed by atoms with E-state index in [1.165, 1.54) is 0 Å². The third-order valence-corrected chi connectivity index (χ3v) is 4.18. The average Bonchev–Trinajstić information content (AvgIpc) is 2.94. The molecule has 0 spiro atoms. The zero-order valence-corrected chi connectivity index (χ0v) is 13.1. The van der Waals surface area contributed by atoms with Crippen LogP contribution in [0.3, 0.4) is 0 Å². The third-order valence-electron chi connectivity index (χ3n) is 4.18. The van der Waals surface area contributed by atoms with Gasteiger partial charge < -0.3 is 15.0 Å². The summed E-state index contributed by atoms with van der Waals surface area (Å²) in [6.07, 6.45) is 0. The molecule has 1 amide bonds. The van der Waals surface area contributed by atoms with E-state index in [-0.39, 0.29) is 18.4 Å². The number of aryl methyl sites for hydroxylation is 1. The molecular formula is C19H20N2O2. The van der Waals surface area contributed by atoms with Gasteiger partial charge in [-0.05, 0) is 17.7 Å². The second kappa shape index (κ2) is 6.67. The Morgan fingerprint density at radius 2 is 1.83 bits per heavy atom. The van der Waals surface area contributed by atoms with Crippen molar-refractivity contribution in [3.63, 3.8) is 0 Å². The van der Waals surface area contributed by atoms with Crippen LogP contribution in [0, 0.1) is 0 Å². The molecule has 2 N–H and O–H groups in total. The summed E-state index contributed by atoms with van der Waals surface area (Å²) in [5.41, 5.74) is 2.67. The number of rotatable bonds is 5. The number of hydrogen-bond acceptors (Lipinski definition) is 2. The van der Waals surface area contributed by atoms with E-state index in [0.717, 1.165) is 16.5 Å². The summed E-state index contributed by atoms with van der Waals surface area (Å²) in [5, 5.41) is 13.5. The van der Waals surface area contributed by atoms with E-state index < -0.39 is 0 Å². The number of hydrogen-bond donors (Lipinski definition) is 2. The van der Waals surface area contributed by atoms with E-state index in [4.69, 9.17) is 0 Å². The lowest BCUT2D eigenvalue weighted by atomic mass is 10.00. The number of carbonyl (C=O) groups excluding carboxylic acids is 1. The van der Waals surface area contributed by atoms with Crippen LogP contribution in [0.25, 0.3) is 10.9 Å². The van der Waals surface area contributed by atoms with Gasteiger partial charge in [-0.1, -0.05) is 48.5 Å². The van der Waals surface area contributed by atoms with E-state index in [2.05, 4.69) is 5.32 Å². The first kappa shape index (κ1) is 15.3. The number of nitrogens with one attached hydrogen (secondary N) is 1. The smallest absolute Gasteiger partial charge is 0.267 e. The minimum absolute atomic E-state index is 0.000589.